The maximum atomic E-state index is 13.0. The maximum Gasteiger partial charge on any atom is 0.256 e. The highest BCUT2D eigenvalue weighted by molar-refractivity contribution is 7.13. The van der Waals surface area contributed by atoms with Crippen molar-refractivity contribution in [3.8, 4) is 10.4 Å². The van der Waals surface area contributed by atoms with Crippen LogP contribution >= 0.6 is 11.3 Å². The molecule has 0 aromatic carbocycles. The summed E-state index contributed by atoms with van der Waals surface area (Å²) in [6.07, 6.45) is 2.07. The Bertz CT molecular complexity index is 941. The number of hydrogen-bond acceptors (Lipinski definition) is 5. The summed E-state index contributed by atoms with van der Waals surface area (Å²) in [4.78, 5) is 52.4. The molecular formula is C18H17N3O4S. The minimum atomic E-state index is -0.237. The normalized spacial score (nSPS) is 17.7. The quantitative estimate of drug-likeness (QED) is 0.757. The minimum absolute atomic E-state index is 0.159. The zero-order valence-electron chi connectivity index (χ0n) is 14.2. The van der Waals surface area contributed by atoms with Crippen molar-refractivity contribution >= 4 is 29.1 Å². The molecule has 0 bridgehead atoms. The van der Waals surface area contributed by atoms with Gasteiger partial charge in [0.2, 0.25) is 11.8 Å². The Labute approximate surface area is 153 Å². The van der Waals surface area contributed by atoms with Crippen LogP contribution in [0.4, 0.5) is 0 Å². The number of imide groups is 1. The second kappa shape index (κ2) is 6.21. The van der Waals surface area contributed by atoms with E-state index < -0.39 is 0 Å². The monoisotopic (exact) mass is 371 g/mol. The maximum absolute atomic E-state index is 13.0. The third kappa shape index (κ3) is 2.66. The van der Waals surface area contributed by atoms with Gasteiger partial charge in [-0.15, -0.1) is 11.3 Å². The highest BCUT2D eigenvalue weighted by Gasteiger charge is 2.43. The SMILES string of the molecule is Cn1cc(C(=O)N2CC(N3C(=O)CCC3=O)C2)c(-c2cccs2)cc1=O. The van der Waals surface area contributed by atoms with Gasteiger partial charge in [0.15, 0.2) is 0 Å². The molecule has 8 heteroatoms. The summed E-state index contributed by atoms with van der Waals surface area (Å²) in [6.45, 7) is 0.673. The summed E-state index contributed by atoms with van der Waals surface area (Å²) < 4.78 is 1.38. The number of aromatic nitrogens is 1. The standard InChI is InChI=1S/C18H17N3O4S/c1-19-10-13(12(7-17(19)24)14-3-2-6-26-14)18(25)20-8-11(9-20)21-15(22)4-5-16(21)23/h2-3,6-7,10-11H,4-5,8-9H2,1H3. The molecule has 3 amide bonds. The lowest BCUT2D eigenvalue weighted by atomic mass is 10.0. The van der Waals surface area contributed by atoms with E-state index in [0.717, 1.165) is 4.88 Å². The Morgan fingerprint density at radius 1 is 1.15 bits per heavy atom. The van der Waals surface area contributed by atoms with Gasteiger partial charge in [0.25, 0.3) is 11.5 Å². The van der Waals surface area contributed by atoms with Crippen molar-refractivity contribution in [3.63, 3.8) is 0 Å². The van der Waals surface area contributed by atoms with Gasteiger partial charge in [0.1, 0.15) is 0 Å². The van der Waals surface area contributed by atoms with Crippen LogP contribution in [0.5, 0.6) is 0 Å². The number of thiophene rings is 1. The van der Waals surface area contributed by atoms with Crippen LogP contribution in [-0.2, 0) is 16.6 Å². The van der Waals surface area contributed by atoms with Crippen molar-refractivity contribution in [1.82, 2.24) is 14.4 Å². The van der Waals surface area contributed by atoms with E-state index in [2.05, 4.69) is 0 Å². The summed E-state index contributed by atoms with van der Waals surface area (Å²) in [7, 11) is 1.61. The second-order valence-corrected chi connectivity index (χ2v) is 7.50. The average molecular weight is 371 g/mol. The first-order chi connectivity index (χ1) is 12.5. The Kier molecular flexibility index (Phi) is 3.99. The number of carbonyl (C=O) groups excluding carboxylic acids is 3. The number of aryl methyl sites for hydroxylation is 1. The second-order valence-electron chi connectivity index (χ2n) is 6.55. The molecule has 2 aromatic rings. The first-order valence-electron chi connectivity index (χ1n) is 8.34. The molecule has 2 aliphatic heterocycles. The number of carbonyl (C=O) groups is 3. The van der Waals surface area contributed by atoms with Gasteiger partial charge in [0.05, 0.1) is 11.6 Å². The van der Waals surface area contributed by atoms with Crippen molar-refractivity contribution in [2.75, 3.05) is 13.1 Å². The number of hydrogen-bond donors (Lipinski definition) is 0. The molecular weight excluding hydrogens is 354 g/mol. The van der Waals surface area contributed by atoms with Crippen molar-refractivity contribution in [1.29, 1.82) is 0 Å². The number of amides is 3. The van der Waals surface area contributed by atoms with Gasteiger partial charge >= 0.3 is 0 Å². The minimum Gasteiger partial charge on any atom is -0.334 e. The molecule has 4 heterocycles. The van der Waals surface area contributed by atoms with E-state index in [1.165, 1.54) is 26.9 Å². The molecule has 2 aromatic heterocycles. The average Bonchev–Trinajstić information content (AvgIpc) is 3.20. The molecule has 0 unspecified atom stereocenters. The third-order valence-electron chi connectivity index (χ3n) is 4.85. The summed E-state index contributed by atoms with van der Waals surface area (Å²) in [5.41, 5.74) is 0.886. The van der Waals surface area contributed by atoms with Crippen LogP contribution in [-0.4, -0.2) is 51.2 Å². The molecule has 2 fully saturated rings. The van der Waals surface area contributed by atoms with E-state index in [0.29, 0.717) is 24.2 Å². The topological polar surface area (TPSA) is 79.7 Å². The summed E-state index contributed by atoms with van der Waals surface area (Å²) in [5, 5.41) is 1.89. The third-order valence-corrected chi connectivity index (χ3v) is 5.75. The highest BCUT2D eigenvalue weighted by atomic mass is 32.1. The lowest BCUT2D eigenvalue weighted by Crippen LogP contribution is -2.62. The summed E-state index contributed by atoms with van der Waals surface area (Å²) in [5.74, 6) is -0.513. The van der Waals surface area contributed by atoms with Crippen LogP contribution < -0.4 is 5.56 Å². The smallest absolute Gasteiger partial charge is 0.256 e. The van der Waals surface area contributed by atoms with Crippen LogP contribution in [0.1, 0.15) is 23.2 Å². The van der Waals surface area contributed by atoms with Gasteiger partial charge in [-0.05, 0) is 11.4 Å². The van der Waals surface area contributed by atoms with E-state index in [1.54, 1.807) is 18.1 Å². The van der Waals surface area contributed by atoms with Crippen LogP contribution in [0, 0.1) is 0 Å². The van der Waals surface area contributed by atoms with Crippen LogP contribution in [0.3, 0.4) is 0 Å². The molecule has 0 N–H and O–H groups in total. The molecule has 2 saturated heterocycles. The zero-order valence-corrected chi connectivity index (χ0v) is 15.0. The van der Waals surface area contributed by atoms with Gasteiger partial charge in [-0.25, -0.2) is 0 Å². The molecule has 7 nitrogen and oxygen atoms in total. The fourth-order valence-electron chi connectivity index (χ4n) is 3.39. The number of rotatable bonds is 3. The van der Waals surface area contributed by atoms with Crippen LogP contribution in [0.2, 0.25) is 0 Å². The van der Waals surface area contributed by atoms with Crippen molar-refractivity contribution in [2.24, 2.45) is 7.05 Å². The fourth-order valence-corrected chi connectivity index (χ4v) is 4.15. The van der Waals surface area contributed by atoms with Crippen molar-refractivity contribution in [2.45, 2.75) is 18.9 Å². The zero-order chi connectivity index (χ0) is 18.4. The summed E-state index contributed by atoms with van der Waals surface area (Å²) in [6, 6.07) is 4.98. The first kappa shape index (κ1) is 16.7. The van der Waals surface area contributed by atoms with Gasteiger partial charge < -0.3 is 9.47 Å². The number of pyridine rings is 1. The molecule has 134 valence electrons. The molecule has 0 aliphatic carbocycles. The lowest BCUT2D eigenvalue weighted by molar-refractivity contribution is -0.144. The van der Waals surface area contributed by atoms with Crippen molar-refractivity contribution in [3.05, 3.63) is 45.7 Å². The summed E-state index contributed by atoms with van der Waals surface area (Å²) >= 11 is 1.46. The van der Waals surface area contributed by atoms with E-state index in [-0.39, 0.29) is 42.2 Å². The highest BCUT2D eigenvalue weighted by Crippen LogP contribution is 2.30. The predicted octanol–water partition coefficient (Wildman–Crippen LogP) is 1.09. The van der Waals surface area contributed by atoms with Crippen molar-refractivity contribution < 1.29 is 14.4 Å². The fraction of sp³-hybridized carbons (Fsp3) is 0.333. The van der Waals surface area contributed by atoms with Gasteiger partial charge in [-0.3, -0.25) is 24.1 Å². The number of likely N-dealkylation sites (tertiary alicyclic amines) is 2. The Morgan fingerprint density at radius 3 is 2.46 bits per heavy atom. The molecule has 4 rings (SSSR count). The predicted molar refractivity (Wildman–Crippen MR) is 95.8 cm³/mol. The Hall–Kier alpha value is -2.74. The molecule has 0 atom stereocenters. The van der Waals surface area contributed by atoms with Gasteiger partial charge in [-0.1, -0.05) is 6.07 Å². The molecule has 0 saturated carbocycles. The van der Waals surface area contributed by atoms with E-state index in [9.17, 15) is 19.2 Å². The Balaban J connectivity index is 1.58. The Morgan fingerprint density at radius 2 is 1.85 bits per heavy atom. The van der Waals surface area contributed by atoms with Gasteiger partial charge in [0, 0.05) is 55.7 Å². The van der Waals surface area contributed by atoms with E-state index >= 15 is 0 Å². The van der Waals surface area contributed by atoms with Gasteiger partial charge in [-0.2, -0.15) is 0 Å². The number of nitrogens with zero attached hydrogens (tertiary/aromatic N) is 3. The molecule has 2 aliphatic rings. The molecule has 0 radical (unpaired) electrons. The van der Waals surface area contributed by atoms with E-state index in [1.807, 2.05) is 17.5 Å². The van der Waals surface area contributed by atoms with Crippen LogP contribution in [0.25, 0.3) is 10.4 Å². The molecule has 26 heavy (non-hydrogen) atoms. The molecule has 0 spiro atoms. The van der Waals surface area contributed by atoms with E-state index in [4.69, 9.17) is 0 Å². The lowest BCUT2D eigenvalue weighted by Gasteiger charge is -2.43. The largest absolute Gasteiger partial charge is 0.334 e. The first-order valence-corrected chi connectivity index (χ1v) is 9.22. The van der Waals surface area contributed by atoms with Crippen LogP contribution in [0.15, 0.2) is 34.6 Å².